The molecule has 0 saturated heterocycles. The molecule has 0 heterocycles. The van der Waals surface area contributed by atoms with E-state index in [1.54, 1.807) is 25.1 Å². The van der Waals surface area contributed by atoms with Crippen molar-refractivity contribution in [2.45, 2.75) is 26.9 Å². The highest BCUT2D eigenvalue weighted by Gasteiger charge is 2.18. The number of amides is 1. The maximum atomic E-state index is 12.4. The molecular formula is C18H20ClNO3. The largest absolute Gasteiger partial charge is 0.495 e. The number of carbonyl (C=O) groups excluding carboxylic acids is 1. The lowest BCUT2D eigenvalue weighted by atomic mass is 10.1. The zero-order valence-corrected chi connectivity index (χ0v) is 14.4. The van der Waals surface area contributed by atoms with Crippen molar-refractivity contribution in [2.75, 3.05) is 12.4 Å². The van der Waals surface area contributed by atoms with E-state index in [1.165, 1.54) is 7.11 Å². The molecule has 4 nitrogen and oxygen atoms in total. The Balaban J connectivity index is 2.11. The maximum absolute atomic E-state index is 12.4. The minimum Gasteiger partial charge on any atom is -0.495 e. The van der Waals surface area contributed by atoms with Crippen molar-refractivity contribution in [3.8, 4) is 11.5 Å². The highest BCUT2D eigenvalue weighted by Crippen LogP contribution is 2.28. The fourth-order valence-electron chi connectivity index (χ4n) is 2.11. The summed E-state index contributed by atoms with van der Waals surface area (Å²) in [4.78, 5) is 12.4. The first-order valence-corrected chi connectivity index (χ1v) is 7.67. The van der Waals surface area contributed by atoms with Crippen LogP contribution in [0.3, 0.4) is 0 Å². The Morgan fingerprint density at radius 2 is 1.91 bits per heavy atom. The molecule has 0 aliphatic heterocycles. The van der Waals surface area contributed by atoms with Crippen LogP contribution in [0.2, 0.25) is 5.02 Å². The van der Waals surface area contributed by atoms with Gasteiger partial charge in [-0.3, -0.25) is 4.79 Å². The Hall–Kier alpha value is -2.20. The zero-order chi connectivity index (χ0) is 17.0. The summed E-state index contributed by atoms with van der Waals surface area (Å²) < 4.78 is 11.0. The van der Waals surface area contributed by atoms with Crippen molar-refractivity contribution in [1.82, 2.24) is 0 Å². The zero-order valence-electron chi connectivity index (χ0n) is 13.6. The van der Waals surface area contributed by atoms with Gasteiger partial charge in [-0.25, -0.2) is 0 Å². The number of anilines is 1. The Labute approximate surface area is 141 Å². The van der Waals surface area contributed by atoms with Crippen molar-refractivity contribution < 1.29 is 14.3 Å². The molecule has 1 amide bonds. The van der Waals surface area contributed by atoms with Crippen LogP contribution in [-0.2, 0) is 4.79 Å². The number of hydrogen-bond acceptors (Lipinski definition) is 3. The lowest BCUT2D eigenvalue weighted by Gasteiger charge is -2.18. The van der Waals surface area contributed by atoms with E-state index in [4.69, 9.17) is 21.1 Å². The molecule has 2 aromatic rings. The van der Waals surface area contributed by atoms with Crippen LogP contribution >= 0.6 is 11.6 Å². The molecule has 0 aliphatic rings. The molecule has 0 fully saturated rings. The van der Waals surface area contributed by atoms with Crippen molar-refractivity contribution >= 4 is 23.2 Å². The van der Waals surface area contributed by atoms with E-state index in [9.17, 15) is 4.79 Å². The molecule has 0 spiro atoms. The van der Waals surface area contributed by atoms with Crippen LogP contribution in [-0.4, -0.2) is 19.1 Å². The second kappa shape index (κ2) is 7.38. The van der Waals surface area contributed by atoms with E-state index >= 15 is 0 Å². The molecule has 1 atom stereocenters. The van der Waals surface area contributed by atoms with E-state index in [1.807, 2.05) is 32.0 Å². The summed E-state index contributed by atoms with van der Waals surface area (Å²) in [7, 11) is 1.54. The van der Waals surface area contributed by atoms with Gasteiger partial charge in [-0.1, -0.05) is 23.7 Å². The van der Waals surface area contributed by atoms with Crippen LogP contribution in [0, 0.1) is 13.8 Å². The first kappa shape index (κ1) is 17.2. The molecule has 2 rings (SSSR count). The molecule has 0 aliphatic carbocycles. The van der Waals surface area contributed by atoms with E-state index < -0.39 is 6.10 Å². The average Bonchev–Trinajstić information content (AvgIpc) is 2.52. The Morgan fingerprint density at radius 1 is 1.17 bits per heavy atom. The minimum atomic E-state index is -0.654. The normalized spacial score (nSPS) is 11.7. The molecule has 122 valence electrons. The Morgan fingerprint density at radius 3 is 2.61 bits per heavy atom. The second-order valence-corrected chi connectivity index (χ2v) is 5.73. The van der Waals surface area contributed by atoms with Crippen molar-refractivity contribution in [3.63, 3.8) is 0 Å². The summed E-state index contributed by atoms with van der Waals surface area (Å²) >= 11 is 5.97. The maximum Gasteiger partial charge on any atom is 0.265 e. The molecule has 0 aromatic heterocycles. The van der Waals surface area contributed by atoms with E-state index in [-0.39, 0.29) is 5.91 Å². The monoisotopic (exact) mass is 333 g/mol. The SMILES string of the molecule is COc1ccc(Cl)cc1NC(=O)[C@@H](C)Oc1cccc(C)c1C. The minimum absolute atomic E-state index is 0.272. The summed E-state index contributed by atoms with van der Waals surface area (Å²) in [5.74, 6) is 0.971. The number of methoxy groups -OCH3 is 1. The molecule has 23 heavy (non-hydrogen) atoms. The van der Waals surface area contributed by atoms with Crippen molar-refractivity contribution in [3.05, 3.63) is 52.5 Å². The topological polar surface area (TPSA) is 47.6 Å². The van der Waals surface area contributed by atoms with Gasteiger partial charge in [-0.2, -0.15) is 0 Å². The number of halogens is 1. The number of hydrogen-bond donors (Lipinski definition) is 1. The van der Waals surface area contributed by atoms with E-state index in [0.29, 0.717) is 22.2 Å². The fraction of sp³-hybridized carbons (Fsp3) is 0.278. The smallest absolute Gasteiger partial charge is 0.265 e. The molecule has 0 unspecified atom stereocenters. The average molecular weight is 334 g/mol. The van der Waals surface area contributed by atoms with Crippen LogP contribution < -0.4 is 14.8 Å². The first-order chi connectivity index (χ1) is 10.9. The molecular weight excluding hydrogens is 314 g/mol. The lowest BCUT2D eigenvalue weighted by Crippen LogP contribution is -2.30. The number of carbonyl (C=O) groups is 1. The van der Waals surface area contributed by atoms with Gasteiger partial charge in [0.05, 0.1) is 12.8 Å². The number of nitrogens with one attached hydrogen (secondary N) is 1. The Kier molecular flexibility index (Phi) is 5.50. The fourth-order valence-corrected chi connectivity index (χ4v) is 2.28. The third-order valence-electron chi connectivity index (χ3n) is 3.65. The van der Waals surface area contributed by atoms with E-state index in [0.717, 1.165) is 11.1 Å². The Bertz CT molecular complexity index is 715. The number of aryl methyl sites for hydroxylation is 1. The molecule has 0 bridgehead atoms. The third kappa shape index (κ3) is 4.17. The number of benzene rings is 2. The van der Waals surface area contributed by atoms with E-state index in [2.05, 4.69) is 5.32 Å². The predicted octanol–water partition coefficient (Wildman–Crippen LogP) is 4.37. The summed E-state index contributed by atoms with van der Waals surface area (Å²) in [6.45, 7) is 5.67. The summed E-state index contributed by atoms with van der Waals surface area (Å²) in [5.41, 5.74) is 2.65. The lowest BCUT2D eigenvalue weighted by molar-refractivity contribution is -0.122. The van der Waals surface area contributed by atoms with Gasteiger partial charge >= 0.3 is 0 Å². The molecule has 0 radical (unpaired) electrons. The standard InChI is InChI=1S/C18H20ClNO3/c1-11-6-5-7-16(12(11)2)23-13(3)18(21)20-15-10-14(19)8-9-17(15)22-4/h5-10,13H,1-4H3,(H,20,21)/t13-/m1/s1. The summed E-state index contributed by atoms with van der Waals surface area (Å²) in [6, 6.07) is 10.8. The predicted molar refractivity (Wildman–Crippen MR) is 92.6 cm³/mol. The molecule has 0 saturated carbocycles. The summed E-state index contributed by atoms with van der Waals surface area (Å²) in [6.07, 6.45) is -0.654. The second-order valence-electron chi connectivity index (χ2n) is 5.29. The highest BCUT2D eigenvalue weighted by molar-refractivity contribution is 6.31. The highest BCUT2D eigenvalue weighted by atomic mass is 35.5. The molecule has 2 aromatic carbocycles. The van der Waals surface area contributed by atoms with Crippen LogP contribution in [0.1, 0.15) is 18.1 Å². The number of ether oxygens (including phenoxy) is 2. The van der Waals surface area contributed by atoms with Gasteiger partial charge in [0.2, 0.25) is 0 Å². The van der Waals surface area contributed by atoms with Crippen LogP contribution in [0.25, 0.3) is 0 Å². The first-order valence-electron chi connectivity index (χ1n) is 7.29. The summed E-state index contributed by atoms with van der Waals surface area (Å²) in [5, 5.41) is 3.30. The van der Waals surface area contributed by atoms with Crippen LogP contribution in [0.4, 0.5) is 5.69 Å². The van der Waals surface area contributed by atoms with Gasteiger partial charge in [0, 0.05) is 5.02 Å². The van der Waals surface area contributed by atoms with Crippen LogP contribution in [0.15, 0.2) is 36.4 Å². The molecule has 1 N–H and O–H groups in total. The van der Waals surface area contributed by atoms with Crippen molar-refractivity contribution in [2.24, 2.45) is 0 Å². The van der Waals surface area contributed by atoms with Gasteiger partial charge in [-0.05, 0) is 56.2 Å². The van der Waals surface area contributed by atoms with Gasteiger partial charge in [-0.15, -0.1) is 0 Å². The van der Waals surface area contributed by atoms with Crippen LogP contribution in [0.5, 0.6) is 11.5 Å². The van der Waals surface area contributed by atoms with Gasteiger partial charge in [0.15, 0.2) is 6.10 Å². The van der Waals surface area contributed by atoms with Crippen molar-refractivity contribution in [1.29, 1.82) is 0 Å². The van der Waals surface area contributed by atoms with Gasteiger partial charge in [0.25, 0.3) is 5.91 Å². The van der Waals surface area contributed by atoms with Gasteiger partial charge in [0.1, 0.15) is 11.5 Å². The van der Waals surface area contributed by atoms with Gasteiger partial charge < -0.3 is 14.8 Å². The quantitative estimate of drug-likeness (QED) is 0.883. The third-order valence-corrected chi connectivity index (χ3v) is 3.88. The number of rotatable bonds is 5. The molecule has 5 heteroatoms.